The zero-order valence-corrected chi connectivity index (χ0v) is 13.6. The Bertz CT molecular complexity index is 850. The summed E-state index contributed by atoms with van der Waals surface area (Å²) in [6, 6.07) is 14.0. The van der Waals surface area contributed by atoms with Gasteiger partial charge >= 0.3 is 0 Å². The van der Waals surface area contributed by atoms with E-state index in [-0.39, 0.29) is 6.10 Å². The van der Waals surface area contributed by atoms with Crippen LogP contribution in [0.3, 0.4) is 0 Å². The molecule has 2 heterocycles. The molecular formula is C18H19BN4O. The number of benzene rings is 2. The molecule has 1 aliphatic heterocycles. The second-order valence-corrected chi connectivity index (χ2v) is 6.09. The monoisotopic (exact) mass is 318 g/mol. The molecule has 120 valence electrons. The zero-order chi connectivity index (χ0) is 16.4. The molecule has 5 nitrogen and oxygen atoms in total. The third-order valence-electron chi connectivity index (χ3n) is 4.22. The highest BCUT2D eigenvalue weighted by Gasteiger charge is 2.17. The molecule has 1 fully saturated rings. The lowest BCUT2D eigenvalue weighted by Gasteiger charge is -2.15. The van der Waals surface area contributed by atoms with Gasteiger partial charge in [-0.3, -0.25) is 0 Å². The van der Waals surface area contributed by atoms with Crippen LogP contribution in [0.4, 0.5) is 11.6 Å². The second-order valence-electron chi connectivity index (χ2n) is 6.09. The molecule has 1 aliphatic rings. The van der Waals surface area contributed by atoms with Crippen LogP contribution in [0.2, 0.25) is 0 Å². The lowest BCUT2D eigenvalue weighted by atomic mass is 9.93. The Balaban J connectivity index is 1.63. The molecule has 0 unspecified atom stereocenters. The summed E-state index contributed by atoms with van der Waals surface area (Å²) in [5.74, 6) is 1.49. The molecule has 6 heteroatoms. The van der Waals surface area contributed by atoms with Gasteiger partial charge in [0.25, 0.3) is 0 Å². The van der Waals surface area contributed by atoms with Crippen LogP contribution < -0.4 is 20.8 Å². The molecule has 0 spiro atoms. The molecule has 4 rings (SSSR count). The van der Waals surface area contributed by atoms with Crippen molar-refractivity contribution in [1.29, 1.82) is 0 Å². The van der Waals surface area contributed by atoms with Gasteiger partial charge in [-0.25, -0.2) is 9.97 Å². The van der Waals surface area contributed by atoms with Crippen molar-refractivity contribution in [2.75, 3.05) is 18.4 Å². The molecule has 2 N–H and O–H groups in total. The number of anilines is 2. The van der Waals surface area contributed by atoms with Crippen LogP contribution in [0.1, 0.15) is 6.42 Å². The highest BCUT2D eigenvalue weighted by Crippen LogP contribution is 2.21. The summed E-state index contributed by atoms with van der Waals surface area (Å²) in [5.41, 5.74) is 2.97. The molecule has 0 aliphatic carbocycles. The van der Waals surface area contributed by atoms with E-state index in [1.807, 2.05) is 42.6 Å². The van der Waals surface area contributed by atoms with Crippen LogP contribution in [0, 0.1) is 0 Å². The molecular weight excluding hydrogens is 299 g/mol. The van der Waals surface area contributed by atoms with E-state index in [1.54, 1.807) is 0 Å². The maximum Gasteiger partial charge on any atom is 0.227 e. The van der Waals surface area contributed by atoms with Gasteiger partial charge in [0.15, 0.2) is 0 Å². The first-order chi connectivity index (χ1) is 11.8. The van der Waals surface area contributed by atoms with Crippen molar-refractivity contribution in [3.8, 4) is 5.75 Å². The fourth-order valence-corrected chi connectivity index (χ4v) is 2.92. The van der Waals surface area contributed by atoms with Gasteiger partial charge in [0.2, 0.25) is 5.95 Å². The second kappa shape index (κ2) is 6.49. The van der Waals surface area contributed by atoms with Crippen molar-refractivity contribution in [2.24, 2.45) is 0 Å². The van der Waals surface area contributed by atoms with Gasteiger partial charge in [0.05, 0.1) is 5.52 Å². The summed E-state index contributed by atoms with van der Waals surface area (Å²) in [4.78, 5) is 9.03. The molecule has 0 amide bonds. The maximum atomic E-state index is 6.13. The van der Waals surface area contributed by atoms with Crippen LogP contribution in [0.15, 0.2) is 48.7 Å². The Morgan fingerprint density at radius 3 is 2.88 bits per heavy atom. The Hall–Kier alpha value is -2.60. The van der Waals surface area contributed by atoms with E-state index in [9.17, 15) is 0 Å². The van der Waals surface area contributed by atoms with Crippen LogP contribution in [0.5, 0.6) is 5.75 Å². The highest BCUT2D eigenvalue weighted by molar-refractivity contribution is 6.35. The summed E-state index contributed by atoms with van der Waals surface area (Å²) in [5, 5.41) is 7.57. The number of nitrogens with zero attached hydrogens (tertiary/aromatic N) is 2. The van der Waals surface area contributed by atoms with Crippen LogP contribution in [-0.4, -0.2) is 37.0 Å². The van der Waals surface area contributed by atoms with Crippen molar-refractivity contribution >= 4 is 35.8 Å². The summed E-state index contributed by atoms with van der Waals surface area (Å²) in [6.45, 7) is 1.92. The van der Waals surface area contributed by atoms with Gasteiger partial charge in [0, 0.05) is 29.9 Å². The molecule has 1 aromatic heterocycles. The van der Waals surface area contributed by atoms with Crippen molar-refractivity contribution in [3.63, 3.8) is 0 Å². The first kappa shape index (κ1) is 15.0. The fraction of sp³-hybridized carbons (Fsp3) is 0.222. The predicted octanol–water partition coefficient (Wildman–Crippen LogP) is 1.37. The minimum atomic E-state index is 0.241. The summed E-state index contributed by atoms with van der Waals surface area (Å²) in [6.07, 6.45) is 3.13. The van der Waals surface area contributed by atoms with E-state index in [4.69, 9.17) is 4.74 Å². The Morgan fingerprint density at radius 1 is 1.21 bits per heavy atom. The molecule has 2 aromatic carbocycles. The zero-order valence-electron chi connectivity index (χ0n) is 13.6. The van der Waals surface area contributed by atoms with Gasteiger partial charge in [-0.1, -0.05) is 24.3 Å². The highest BCUT2D eigenvalue weighted by atomic mass is 16.5. The number of fused-ring (bicyclic) bond motifs is 1. The minimum absolute atomic E-state index is 0.241. The molecule has 3 aromatic rings. The van der Waals surface area contributed by atoms with Gasteiger partial charge in [-0.05, 0) is 30.6 Å². The van der Waals surface area contributed by atoms with Crippen LogP contribution >= 0.6 is 0 Å². The summed E-state index contributed by atoms with van der Waals surface area (Å²) < 4.78 is 6.13. The van der Waals surface area contributed by atoms with Crippen molar-refractivity contribution in [3.05, 3.63) is 48.7 Å². The number of ether oxygens (including phenoxy) is 1. The number of hydrogen-bond donors (Lipinski definition) is 2. The quantitative estimate of drug-likeness (QED) is 0.712. The average molecular weight is 318 g/mol. The third kappa shape index (κ3) is 3.19. The van der Waals surface area contributed by atoms with Gasteiger partial charge < -0.3 is 15.4 Å². The smallest absolute Gasteiger partial charge is 0.227 e. The number of para-hydroxylation sites is 1. The number of hydrogen-bond acceptors (Lipinski definition) is 5. The molecule has 0 bridgehead atoms. The lowest BCUT2D eigenvalue weighted by Crippen LogP contribution is -2.22. The van der Waals surface area contributed by atoms with Gasteiger partial charge in [-0.2, -0.15) is 0 Å². The fourth-order valence-electron chi connectivity index (χ4n) is 2.92. The molecule has 24 heavy (non-hydrogen) atoms. The Morgan fingerprint density at radius 2 is 2.08 bits per heavy atom. The largest absolute Gasteiger partial charge is 0.490 e. The molecule has 1 saturated heterocycles. The average Bonchev–Trinajstić information content (AvgIpc) is 3.10. The van der Waals surface area contributed by atoms with Crippen LogP contribution in [0.25, 0.3) is 10.9 Å². The molecule has 0 saturated carbocycles. The molecule has 0 radical (unpaired) electrons. The maximum absolute atomic E-state index is 6.13. The molecule has 1 atom stereocenters. The Labute approximate surface area is 141 Å². The number of nitrogens with one attached hydrogen (secondary N) is 2. The first-order valence-electron chi connectivity index (χ1n) is 8.25. The van der Waals surface area contributed by atoms with Gasteiger partial charge in [0.1, 0.15) is 19.7 Å². The van der Waals surface area contributed by atoms with E-state index >= 15 is 0 Å². The van der Waals surface area contributed by atoms with Crippen LogP contribution in [-0.2, 0) is 0 Å². The standard InChI is InChI=1S/C18H19BN4O/c19-15-8-12-10-21-18(22-13-4-2-1-3-5-13)23-16(12)9-17(15)24-14-6-7-20-11-14/h1-5,8-10,14,20H,6-7,11,19H2,(H,21,22,23)/t14-/m1/s1. The topological polar surface area (TPSA) is 59.1 Å². The minimum Gasteiger partial charge on any atom is -0.490 e. The predicted molar refractivity (Wildman–Crippen MR) is 99.3 cm³/mol. The first-order valence-corrected chi connectivity index (χ1v) is 8.25. The van der Waals surface area contributed by atoms with Crippen molar-refractivity contribution in [2.45, 2.75) is 12.5 Å². The van der Waals surface area contributed by atoms with E-state index in [0.717, 1.165) is 47.3 Å². The summed E-state index contributed by atoms with van der Waals surface area (Å²) in [7, 11) is 2.06. The SMILES string of the molecule is Bc1cc2cnc(Nc3ccccc3)nc2cc1O[C@@H]1CCNC1. The van der Waals surface area contributed by atoms with Gasteiger partial charge in [-0.15, -0.1) is 0 Å². The number of rotatable bonds is 4. The van der Waals surface area contributed by atoms with Crippen molar-refractivity contribution in [1.82, 2.24) is 15.3 Å². The van der Waals surface area contributed by atoms with E-state index in [2.05, 4.69) is 34.5 Å². The Kier molecular flexibility index (Phi) is 4.05. The van der Waals surface area contributed by atoms with Crippen molar-refractivity contribution < 1.29 is 4.74 Å². The lowest BCUT2D eigenvalue weighted by molar-refractivity contribution is 0.225. The third-order valence-corrected chi connectivity index (χ3v) is 4.22. The van der Waals surface area contributed by atoms with E-state index in [1.165, 1.54) is 0 Å². The summed E-state index contributed by atoms with van der Waals surface area (Å²) >= 11 is 0. The van der Waals surface area contributed by atoms with E-state index < -0.39 is 0 Å². The number of aromatic nitrogens is 2. The normalized spacial score (nSPS) is 17.1. The van der Waals surface area contributed by atoms with E-state index in [0.29, 0.717) is 5.95 Å².